The van der Waals surface area contributed by atoms with Gasteiger partial charge in [-0.1, -0.05) is 36.4 Å². The Morgan fingerprint density at radius 1 is 1.09 bits per heavy atom. The van der Waals surface area contributed by atoms with Gasteiger partial charge in [0.2, 0.25) is 5.91 Å². The predicted octanol–water partition coefficient (Wildman–Crippen LogP) is 2.99. The van der Waals surface area contributed by atoms with Crippen LogP contribution in [0, 0.1) is 0 Å². The molecule has 0 spiro atoms. The average molecular weight is 470 g/mol. The molecule has 0 bridgehead atoms. The first-order valence-electron chi connectivity index (χ1n) is 10.4. The van der Waals surface area contributed by atoms with Crippen LogP contribution >= 0.6 is 11.8 Å². The second-order valence-corrected chi connectivity index (χ2v) is 8.45. The molecule has 1 aliphatic heterocycles. The summed E-state index contributed by atoms with van der Waals surface area (Å²) in [6.45, 7) is 1.18. The maximum absolute atomic E-state index is 12.7. The molecule has 9 heteroatoms. The number of nitrogens with zero attached hydrogens (tertiary/aromatic N) is 2. The van der Waals surface area contributed by atoms with Gasteiger partial charge in [-0.3, -0.25) is 24.2 Å². The highest BCUT2D eigenvalue weighted by Crippen LogP contribution is 2.34. The first kappa shape index (κ1) is 24.3. The van der Waals surface area contributed by atoms with Crippen LogP contribution in [0.1, 0.15) is 11.1 Å². The molecule has 3 amide bonds. The van der Waals surface area contributed by atoms with Crippen molar-refractivity contribution in [3.8, 4) is 11.5 Å². The number of hydrogen-bond acceptors (Lipinski definition) is 7. The van der Waals surface area contributed by atoms with Gasteiger partial charge in [0.1, 0.15) is 0 Å². The predicted molar refractivity (Wildman–Crippen MR) is 128 cm³/mol. The van der Waals surface area contributed by atoms with Crippen molar-refractivity contribution in [3.63, 3.8) is 0 Å². The lowest BCUT2D eigenvalue weighted by atomic mass is 10.2. The average Bonchev–Trinajstić information content (AvgIpc) is 3.06. The van der Waals surface area contributed by atoms with Crippen molar-refractivity contribution in [2.24, 2.45) is 0 Å². The Balaban J connectivity index is 1.51. The topological polar surface area (TPSA) is 88.2 Å². The summed E-state index contributed by atoms with van der Waals surface area (Å²) in [6.07, 6.45) is 1.64. The molecule has 0 aromatic heterocycles. The van der Waals surface area contributed by atoms with Crippen molar-refractivity contribution in [1.82, 2.24) is 15.1 Å². The van der Waals surface area contributed by atoms with Crippen LogP contribution in [-0.2, 0) is 16.1 Å². The van der Waals surface area contributed by atoms with E-state index >= 15 is 0 Å². The van der Waals surface area contributed by atoms with Gasteiger partial charge in [-0.2, -0.15) is 0 Å². The lowest BCUT2D eigenvalue weighted by molar-refractivity contribution is -0.124. The quantitative estimate of drug-likeness (QED) is 0.535. The number of methoxy groups -OCH3 is 2. The molecule has 0 saturated carbocycles. The molecule has 0 unspecified atom stereocenters. The number of likely N-dealkylation sites (N-methyl/N-ethyl adjacent to an activating group) is 1. The molecule has 1 saturated heterocycles. The van der Waals surface area contributed by atoms with Gasteiger partial charge in [0.05, 0.1) is 25.7 Å². The number of amides is 3. The summed E-state index contributed by atoms with van der Waals surface area (Å²) in [5.41, 5.74) is 1.83. The Labute approximate surface area is 197 Å². The van der Waals surface area contributed by atoms with Crippen LogP contribution in [-0.4, -0.2) is 67.8 Å². The maximum Gasteiger partial charge on any atom is 0.293 e. The summed E-state index contributed by atoms with van der Waals surface area (Å²) < 4.78 is 10.5. The Hall–Kier alpha value is -3.30. The van der Waals surface area contributed by atoms with E-state index in [1.807, 2.05) is 42.3 Å². The summed E-state index contributed by atoms with van der Waals surface area (Å²) in [5, 5.41) is 2.41. The van der Waals surface area contributed by atoms with Crippen molar-refractivity contribution < 1.29 is 23.9 Å². The van der Waals surface area contributed by atoms with E-state index in [0.29, 0.717) is 28.5 Å². The highest BCUT2D eigenvalue weighted by atomic mass is 32.2. The van der Waals surface area contributed by atoms with Crippen LogP contribution < -0.4 is 14.8 Å². The summed E-state index contributed by atoms with van der Waals surface area (Å²) in [6, 6.07) is 15.1. The van der Waals surface area contributed by atoms with Crippen LogP contribution in [0.25, 0.3) is 6.08 Å². The van der Waals surface area contributed by atoms with Gasteiger partial charge >= 0.3 is 0 Å². The second kappa shape index (κ2) is 11.5. The van der Waals surface area contributed by atoms with E-state index in [4.69, 9.17) is 9.47 Å². The van der Waals surface area contributed by atoms with Crippen LogP contribution in [0.5, 0.6) is 11.5 Å². The number of imide groups is 1. The molecular formula is C24H27N3O5S. The number of carbonyl (C=O) groups excluding carboxylic acids is 3. The maximum atomic E-state index is 12.7. The molecule has 33 heavy (non-hydrogen) atoms. The number of ether oxygens (including phenoxy) is 2. The molecule has 1 heterocycles. The molecule has 174 valence electrons. The van der Waals surface area contributed by atoms with Crippen molar-refractivity contribution in [2.45, 2.75) is 6.54 Å². The standard InChI is InChI=1S/C24H27N3O5S/c1-26(15-17-7-5-4-6-8-17)16-22(28)25-11-12-27-23(29)21(33-24(27)30)14-18-9-10-19(31-2)20(13-18)32-3/h4-10,13-14H,11-12,15-16H2,1-3H3,(H,25,28)/b21-14+. The SMILES string of the molecule is COc1ccc(/C=C2/SC(=O)N(CCNC(=O)CN(C)Cc3ccccc3)C2=O)cc1OC. The van der Waals surface area contributed by atoms with Gasteiger partial charge in [0, 0.05) is 19.6 Å². The van der Waals surface area contributed by atoms with Gasteiger partial charge in [0.25, 0.3) is 11.1 Å². The third kappa shape index (κ3) is 6.59. The Morgan fingerprint density at radius 3 is 2.52 bits per heavy atom. The Morgan fingerprint density at radius 2 is 1.82 bits per heavy atom. The van der Waals surface area contributed by atoms with E-state index in [1.54, 1.807) is 31.4 Å². The molecule has 0 aliphatic carbocycles. The molecule has 1 aliphatic rings. The molecule has 0 atom stereocenters. The van der Waals surface area contributed by atoms with Gasteiger partial charge < -0.3 is 14.8 Å². The summed E-state index contributed by atoms with van der Waals surface area (Å²) >= 11 is 0.876. The largest absolute Gasteiger partial charge is 0.493 e. The van der Waals surface area contributed by atoms with E-state index in [9.17, 15) is 14.4 Å². The second-order valence-electron chi connectivity index (χ2n) is 7.46. The zero-order chi connectivity index (χ0) is 23.8. The number of nitrogens with one attached hydrogen (secondary N) is 1. The molecule has 8 nitrogen and oxygen atoms in total. The molecule has 3 rings (SSSR count). The van der Waals surface area contributed by atoms with Crippen molar-refractivity contribution >= 4 is 34.9 Å². The van der Waals surface area contributed by atoms with Gasteiger partial charge in [-0.25, -0.2) is 0 Å². The summed E-state index contributed by atoms with van der Waals surface area (Å²) in [7, 11) is 4.94. The third-order valence-corrected chi connectivity index (χ3v) is 5.85. The lowest BCUT2D eigenvalue weighted by Gasteiger charge is -2.17. The first-order valence-corrected chi connectivity index (χ1v) is 11.2. The minimum atomic E-state index is -0.379. The minimum absolute atomic E-state index is 0.113. The van der Waals surface area contributed by atoms with Crippen LogP contribution in [0.4, 0.5) is 4.79 Å². The van der Waals surface area contributed by atoms with Crippen molar-refractivity contribution in [1.29, 1.82) is 0 Å². The molecule has 1 fully saturated rings. The normalized spacial score (nSPS) is 14.8. The minimum Gasteiger partial charge on any atom is -0.493 e. The third-order valence-electron chi connectivity index (χ3n) is 4.95. The van der Waals surface area contributed by atoms with Gasteiger partial charge in [0.15, 0.2) is 11.5 Å². The van der Waals surface area contributed by atoms with E-state index in [1.165, 1.54) is 7.11 Å². The van der Waals surface area contributed by atoms with Crippen molar-refractivity contribution in [2.75, 3.05) is 40.9 Å². The molecular weight excluding hydrogens is 442 g/mol. The summed E-state index contributed by atoms with van der Waals surface area (Å²) in [5.74, 6) is 0.565. The zero-order valence-electron chi connectivity index (χ0n) is 18.9. The van der Waals surface area contributed by atoms with Crippen LogP contribution in [0.15, 0.2) is 53.4 Å². The number of rotatable bonds is 10. The highest BCUT2D eigenvalue weighted by Gasteiger charge is 2.34. The van der Waals surface area contributed by atoms with Gasteiger partial charge in [-0.15, -0.1) is 0 Å². The summed E-state index contributed by atoms with van der Waals surface area (Å²) in [4.78, 5) is 40.6. The fraction of sp³-hybridized carbons (Fsp3) is 0.292. The first-order chi connectivity index (χ1) is 15.9. The van der Waals surface area contributed by atoms with E-state index in [2.05, 4.69) is 5.32 Å². The monoisotopic (exact) mass is 469 g/mol. The molecule has 1 N–H and O–H groups in total. The van der Waals surface area contributed by atoms with Crippen LogP contribution in [0.3, 0.4) is 0 Å². The zero-order valence-corrected chi connectivity index (χ0v) is 19.7. The molecule has 2 aromatic carbocycles. The molecule has 2 aromatic rings. The van der Waals surface area contributed by atoms with E-state index < -0.39 is 0 Å². The number of carbonyl (C=O) groups is 3. The van der Waals surface area contributed by atoms with Crippen molar-refractivity contribution in [3.05, 3.63) is 64.6 Å². The van der Waals surface area contributed by atoms with Gasteiger partial charge in [-0.05, 0) is 48.1 Å². The van der Waals surface area contributed by atoms with E-state index in [-0.39, 0.29) is 36.7 Å². The number of hydrogen-bond donors (Lipinski definition) is 1. The highest BCUT2D eigenvalue weighted by molar-refractivity contribution is 8.18. The number of thioether (sulfide) groups is 1. The van der Waals surface area contributed by atoms with Crippen LogP contribution in [0.2, 0.25) is 0 Å². The smallest absolute Gasteiger partial charge is 0.293 e. The fourth-order valence-electron chi connectivity index (χ4n) is 3.35. The lowest BCUT2D eigenvalue weighted by Crippen LogP contribution is -2.40. The fourth-order valence-corrected chi connectivity index (χ4v) is 4.21. The Kier molecular flexibility index (Phi) is 8.51. The molecule has 0 radical (unpaired) electrons. The number of benzene rings is 2. The Bertz CT molecular complexity index is 1040. The van der Waals surface area contributed by atoms with E-state index in [0.717, 1.165) is 22.2 Å².